The number of carboxylic acids is 1. The van der Waals surface area contributed by atoms with E-state index >= 15 is 0 Å². The minimum Gasteiger partial charge on any atom is -0.481 e. The van der Waals surface area contributed by atoms with Crippen LogP contribution < -0.4 is 10.1 Å². The van der Waals surface area contributed by atoms with Crippen LogP contribution in [0.5, 0.6) is 6.01 Å². The van der Waals surface area contributed by atoms with E-state index in [1.165, 1.54) is 11.3 Å². The fourth-order valence-corrected chi connectivity index (χ4v) is 4.80. The predicted molar refractivity (Wildman–Crippen MR) is 125 cm³/mol. The standard InChI is InChI=1S/C22H16Cl2N4O3S/c23-14-7-16(24)18-17(8-14)32-21(28-18)27-15-3-1-12(2-4-15)13-9-25-20(26-10-13)31-11-22(5-6-22)19(29)30/h1-4,7-10H,5-6,11H2,(H,27,28)(H,29,30). The summed E-state index contributed by atoms with van der Waals surface area (Å²) in [5, 5.41) is 14.3. The highest BCUT2D eigenvalue weighted by Crippen LogP contribution is 2.46. The molecule has 0 radical (unpaired) electrons. The number of anilines is 2. The number of aromatic nitrogens is 3. The van der Waals surface area contributed by atoms with Gasteiger partial charge in [-0.1, -0.05) is 46.7 Å². The third-order valence-electron chi connectivity index (χ3n) is 5.30. The molecule has 1 aliphatic carbocycles. The topological polar surface area (TPSA) is 97.2 Å². The van der Waals surface area contributed by atoms with Crippen molar-refractivity contribution in [1.82, 2.24) is 15.0 Å². The Hall–Kier alpha value is -2.94. The molecule has 1 saturated carbocycles. The first kappa shape index (κ1) is 20.9. The van der Waals surface area contributed by atoms with Crippen molar-refractivity contribution < 1.29 is 14.6 Å². The van der Waals surface area contributed by atoms with Crippen LogP contribution in [0.1, 0.15) is 12.8 Å². The Bertz CT molecular complexity index is 1310. The minimum absolute atomic E-state index is 0.0885. The number of hydrogen-bond acceptors (Lipinski definition) is 7. The summed E-state index contributed by atoms with van der Waals surface area (Å²) in [5.74, 6) is -0.833. The van der Waals surface area contributed by atoms with E-state index in [0.717, 1.165) is 32.2 Å². The minimum atomic E-state index is -0.833. The fraction of sp³-hybridized carbons (Fsp3) is 0.182. The second kappa shape index (κ2) is 8.20. The summed E-state index contributed by atoms with van der Waals surface area (Å²) in [4.78, 5) is 24.2. The molecule has 32 heavy (non-hydrogen) atoms. The van der Waals surface area contributed by atoms with Gasteiger partial charge in [-0.25, -0.2) is 15.0 Å². The molecule has 1 aliphatic rings. The van der Waals surface area contributed by atoms with Crippen molar-refractivity contribution in [3.8, 4) is 17.1 Å². The first-order chi connectivity index (χ1) is 15.4. The molecule has 0 atom stereocenters. The number of nitrogens with one attached hydrogen (secondary N) is 1. The molecule has 1 fully saturated rings. The average molecular weight is 487 g/mol. The van der Waals surface area contributed by atoms with Crippen molar-refractivity contribution in [2.24, 2.45) is 5.41 Å². The number of halogens is 2. The lowest BCUT2D eigenvalue weighted by Gasteiger charge is -2.10. The van der Waals surface area contributed by atoms with Gasteiger partial charge in [0.05, 0.1) is 9.72 Å². The molecular weight excluding hydrogens is 471 g/mol. The van der Waals surface area contributed by atoms with E-state index in [0.29, 0.717) is 22.9 Å². The lowest BCUT2D eigenvalue weighted by molar-refractivity contribution is -0.144. The van der Waals surface area contributed by atoms with Crippen molar-refractivity contribution >= 4 is 61.5 Å². The largest absolute Gasteiger partial charge is 0.481 e. The van der Waals surface area contributed by atoms with Crippen LogP contribution in [0.2, 0.25) is 10.0 Å². The van der Waals surface area contributed by atoms with E-state index in [2.05, 4.69) is 20.3 Å². The molecule has 0 saturated heterocycles. The molecule has 0 unspecified atom stereocenters. The molecule has 0 amide bonds. The third kappa shape index (κ3) is 4.21. The molecule has 4 aromatic rings. The number of carbonyl (C=O) groups is 1. The highest BCUT2D eigenvalue weighted by atomic mass is 35.5. The van der Waals surface area contributed by atoms with Crippen LogP contribution in [-0.4, -0.2) is 32.6 Å². The summed E-state index contributed by atoms with van der Waals surface area (Å²) < 4.78 is 6.39. The monoisotopic (exact) mass is 486 g/mol. The zero-order valence-electron chi connectivity index (χ0n) is 16.5. The van der Waals surface area contributed by atoms with Gasteiger partial charge in [0.15, 0.2) is 5.13 Å². The van der Waals surface area contributed by atoms with Crippen LogP contribution in [0.3, 0.4) is 0 Å². The van der Waals surface area contributed by atoms with Crippen LogP contribution in [0.4, 0.5) is 10.8 Å². The van der Waals surface area contributed by atoms with Gasteiger partial charge in [-0.15, -0.1) is 0 Å². The molecule has 0 bridgehead atoms. The van der Waals surface area contributed by atoms with Gasteiger partial charge in [-0.3, -0.25) is 4.79 Å². The van der Waals surface area contributed by atoms with Crippen LogP contribution in [-0.2, 0) is 4.79 Å². The zero-order chi connectivity index (χ0) is 22.3. The average Bonchev–Trinajstić information content (AvgIpc) is 3.47. The van der Waals surface area contributed by atoms with Crippen molar-refractivity contribution in [1.29, 1.82) is 0 Å². The molecule has 2 heterocycles. The summed E-state index contributed by atoms with van der Waals surface area (Å²) in [6, 6.07) is 11.5. The Morgan fingerprint density at radius 1 is 1.12 bits per heavy atom. The van der Waals surface area contributed by atoms with Gasteiger partial charge in [0.1, 0.15) is 17.5 Å². The number of hydrogen-bond donors (Lipinski definition) is 2. The number of benzene rings is 2. The summed E-state index contributed by atoms with van der Waals surface area (Å²) in [5.41, 5.74) is 2.58. The second-order valence-corrected chi connectivity index (χ2v) is 9.46. The van der Waals surface area contributed by atoms with Gasteiger partial charge in [-0.2, -0.15) is 0 Å². The van der Waals surface area contributed by atoms with Gasteiger partial charge >= 0.3 is 12.0 Å². The first-order valence-electron chi connectivity index (χ1n) is 9.73. The third-order valence-corrected chi connectivity index (χ3v) is 6.72. The molecule has 2 aromatic heterocycles. The lowest BCUT2D eigenvalue weighted by atomic mass is 10.1. The van der Waals surface area contributed by atoms with Gasteiger partial charge < -0.3 is 15.2 Å². The zero-order valence-corrected chi connectivity index (χ0v) is 18.8. The normalized spacial score (nSPS) is 14.3. The number of carboxylic acid groups (broad SMARTS) is 1. The van der Waals surface area contributed by atoms with Crippen molar-refractivity contribution in [3.05, 3.63) is 58.8 Å². The van der Waals surface area contributed by atoms with Crippen molar-refractivity contribution in [2.45, 2.75) is 12.8 Å². The summed E-state index contributed by atoms with van der Waals surface area (Å²) >= 11 is 13.8. The van der Waals surface area contributed by atoms with Crippen molar-refractivity contribution in [3.63, 3.8) is 0 Å². The molecule has 2 aromatic carbocycles. The Kier molecular flexibility index (Phi) is 5.36. The first-order valence-corrected chi connectivity index (χ1v) is 11.3. The molecule has 162 valence electrons. The van der Waals surface area contributed by atoms with Gasteiger partial charge in [0.25, 0.3) is 0 Å². The molecular formula is C22H16Cl2N4O3S. The smallest absolute Gasteiger partial charge is 0.316 e. The van der Waals surface area contributed by atoms with Crippen LogP contribution in [0.15, 0.2) is 48.8 Å². The Morgan fingerprint density at radius 2 is 1.84 bits per heavy atom. The predicted octanol–water partition coefficient (Wildman–Crippen LogP) is 6.05. The van der Waals surface area contributed by atoms with Gasteiger partial charge in [-0.05, 0) is 42.7 Å². The lowest BCUT2D eigenvalue weighted by Crippen LogP contribution is -2.23. The highest BCUT2D eigenvalue weighted by molar-refractivity contribution is 7.22. The highest BCUT2D eigenvalue weighted by Gasteiger charge is 2.51. The summed E-state index contributed by atoms with van der Waals surface area (Å²) in [6.45, 7) is 0.0885. The van der Waals surface area contributed by atoms with Crippen molar-refractivity contribution in [2.75, 3.05) is 11.9 Å². The fourth-order valence-electron chi connectivity index (χ4n) is 3.19. The number of nitrogens with zero attached hydrogens (tertiary/aromatic N) is 3. The summed E-state index contributed by atoms with van der Waals surface area (Å²) in [7, 11) is 0. The van der Waals surface area contributed by atoms with E-state index in [1.54, 1.807) is 18.5 Å². The molecule has 5 rings (SSSR count). The molecule has 10 heteroatoms. The quantitative estimate of drug-likeness (QED) is 0.328. The van der Waals surface area contributed by atoms with Crippen LogP contribution in [0, 0.1) is 5.41 Å². The maximum atomic E-state index is 11.2. The number of ether oxygens (including phenoxy) is 1. The SMILES string of the molecule is O=C(O)C1(COc2ncc(-c3ccc(Nc4nc5c(Cl)cc(Cl)cc5s4)cc3)cn2)CC1. The molecule has 2 N–H and O–H groups in total. The summed E-state index contributed by atoms with van der Waals surface area (Å²) in [6.07, 6.45) is 4.56. The molecule has 7 nitrogen and oxygen atoms in total. The van der Waals surface area contributed by atoms with E-state index < -0.39 is 11.4 Å². The number of rotatable bonds is 7. The molecule has 0 aliphatic heterocycles. The van der Waals surface area contributed by atoms with E-state index in [1.807, 2.05) is 30.3 Å². The number of thiazole rings is 1. The van der Waals surface area contributed by atoms with E-state index in [4.69, 9.17) is 27.9 Å². The second-order valence-electron chi connectivity index (χ2n) is 7.58. The maximum Gasteiger partial charge on any atom is 0.316 e. The Balaban J connectivity index is 1.25. The Labute approximate surface area is 197 Å². The number of aliphatic carboxylic acids is 1. The van der Waals surface area contributed by atoms with Gasteiger partial charge in [0, 0.05) is 28.7 Å². The van der Waals surface area contributed by atoms with Gasteiger partial charge in [0.2, 0.25) is 0 Å². The molecule has 0 spiro atoms. The maximum absolute atomic E-state index is 11.2. The van der Waals surface area contributed by atoms with E-state index in [-0.39, 0.29) is 12.6 Å². The number of fused-ring (bicyclic) bond motifs is 1. The van der Waals surface area contributed by atoms with E-state index in [9.17, 15) is 9.90 Å². The Morgan fingerprint density at radius 3 is 2.50 bits per heavy atom. The van der Waals surface area contributed by atoms with Crippen LogP contribution in [0.25, 0.3) is 21.3 Å². The van der Waals surface area contributed by atoms with Crippen LogP contribution >= 0.6 is 34.5 Å².